The van der Waals surface area contributed by atoms with Gasteiger partial charge in [0.1, 0.15) is 5.56 Å². The lowest BCUT2D eigenvalue weighted by Crippen LogP contribution is -2.21. The molecule has 0 bridgehead atoms. The number of benzene rings is 1. The number of amides is 1. The molecule has 24 heavy (non-hydrogen) atoms. The molecule has 1 heterocycles. The van der Waals surface area contributed by atoms with Gasteiger partial charge in [-0.3, -0.25) is 4.79 Å². The maximum Gasteiger partial charge on any atom is 0.344 e. The second-order valence-electron chi connectivity index (χ2n) is 4.88. The van der Waals surface area contributed by atoms with E-state index in [4.69, 9.17) is 9.47 Å². The summed E-state index contributed by atoms with van der Waals surface area (Å²) < 4.78 is 11.2. The van der Waals surface area contributed by atoms with Crippen molar-refractivity contribution in [2.24, 2.45) is 0 Å². The van der Waals surface area contributed by atoms with Gasteiger partial charge in [-0.05, 0) is 49.7 Å². The number of rotatable bonds is 6. The summed E-state index contributed by atoms with van der Waals surface area (Å²) in [6, 6.07) is 8.55. The van der Waals surface area contributed by atoms with E-state index in [0.29, 0.717) is 12.3 Å². The normalized spacial score (nSPS) is 10.1. The molecule has 0 aliphatic heterocycles. The molecule has 6 nitrogen and oxygen atoms in total. The monoisotopic (exact) mass is 392 g/mol. The van der Waals surface area contributed by atoms with Crippen molar-refractivity contribution in [1.82, 2.24) is 4.98 Å². The summed E-state index contributed by atoms with van der Waals surface area (Å²) in [6.07, 6.45) is 1.52. The van der Waals surface area contributed by atoms with E-state index >= 15 is 0 Å². The molecule has 0 unspecified atom stereocenters. The number of ether oxygens (including phenoxy) is 2. The minimum Gasteiger partial charge on any atom is -0.477 e. The SMILES string of the molecule is CCOc1ncccc1C(=O)OCC(=O)Nc1ccc(Br)c(C)c1. The van der Waals surface area contributed by atoms with Crippen LogP contribution in [0.4, 0.5) is 5.69 Å². The molecular weight excluding hydrogens is 376 g/mol. The first-order valence-electron chi connectivity index (χ1n) is 7.32. The van der Waals surface area contributed by atoms with Gasteiger partial charge in [0.15, 0.2) is 6.61 Å². The Morgan fingerprint density at radius 1 is 1.29 bits per heavy atom. The number of hydrogen-bond acceptors (Lipinski definition) is 5. The molecular formula is C17H17BrN2O4. The van der Waals surface area contributed by atoms with Crippen LogP contribution in [0.1, 0.15) is 22.8 Å². The number of hydrogen-bond donors (Lipinski definition) is 1. The molecule has 0 aliphatic carbocycles. The topological polar surface area (TPSA) is 77.5 Å². The molecule has 126 valence electrons. The predicted octanol–water partition coefficient (Wildman–Crippen LogP) is 3.35. The average Bonchev–Trinajstić information content (AvgIpc) is 2.57. The number of pyridine rings is 1. The maximum absolute atomic E-state index is 12.1. The number of aromatic nitrogens is 1. The molecule has 2 aromatic rings. The van der Waals surface area contributed by atoms with Crippen LogP contribution < -0.4 is 10.1 Å². The van der Waals surface area contributed by atoms with Crippen molar-refractivity contribution in [3.05, 3.63) is 52.1 Å². The van der Waals surface area contributed by atoms with Gasteiger partial charge in [0, 0.05) is 16.4 Å². The zero-order chi connectivity index (χ0) is 17.5. The van der Waals surface area contributed by atoms with Gasteiger partial charge >= 0.3 is 5.97 Å². The van der Waals surface area contributed by atoms with Gasteiger partial charge in [-0.25, -0.2) is 9.78 Å². The van der Waals surface area contributed by atoms with Crippen LogP contribution in [0.15, 0.2) is 41.0 Å². The Hall–Kier alpha value is -2.41. The van der Waals surface area contributed by atoms with E-state index in [-0.39, 0.29) is 11.4 Å². The smallest absolute Gasteiger partial charge is 0.344 e. The summed E-state index contributed by atoms with van der Waals surface area (Å²) in [6.45, 7) is 3.68. The first kappa shape index (κ1) is 17.9. The van der Waals surface area contributed by atoms with Crippen LogP contribution in [0.2, 0.25) is 0 Å². The molecule has 0 spiro atoms. The summed E-state index contributed by atoms with van der Waals surface area (Å²) in [5.74, 6) is -0.894. The summed E-state index contributed by atoms with van der Waals surface area (Å²) in [5, 5.41) is 2.67. The van der Waals surface area contributed by atoms with Gasteiger partial charge in [-0.2, -0.15) is 0 Å². The fourth-order valence-electron chi connectivity index (χ4n) is 1.93. The van der Waals surface area contributed by atoms with E-state index in [2.05, 4.69) is 26.2 Å². The van der Waals surface area contributed by atoms with Crippen molar-refractivity contribution in [3.63, 3.8) is 0 Å². The van der Waals surface area contributed by atoms with E-state index in [0.717, 1.165) is 10.0 Å². The lowest BCUT2D eigenvalue weighted by Gasteiger charge is -2.10. The molecule has 0 aliphatic rings. The molecule has 0 saturated carbocycles. The first-order valence-corrected chi connectivity index (χ1v) is 8.11. The van der Waals surface area contributed by atoms with Gasteiger partial charge in [0.05, 0.1) is 6.61 Å². The van der Waals surface area contributed by atoms with Gasteiger partial charge in [0.25, 0.3) is 5.91 Å². The highest BCUT2D eigenvalue weighted by Gasteiger charge is 2.16. The highest BCUT2D eigenvalue weighted by atomic mass is 79.9. The molecule has 0 fully saturated rings. The highest BCUT2D eigenvalue weighted by molar-refractivity contribution is 9.10. The Labute approximate surface area is 148 Å². The van der Waals surface area contributed by atoms with Crippen molar-refractivity contribution >= 4 is 33.5 Å². The molecule has 0 atom stereocenters. The first-order chi connectivity index (χ1) is 11.5. The average molecular weight is 393 g/mol. The van der Waals surface area contributed by atoms with Crippen molar-refractivity contribution in [2.45, 2.75) is 13.8 Å². The quantitative estimate of drug-likeness (QED) is 0.762. The minimum absolute atomic E-state index is 0.187. The number of halogens is 1. The third-order valence-electron chi connectivity index (χ3n) is 3.05. The van der Waals surface area contributed by atoms with Crippen LogP contribution in [0.5, 0.6) is 5.88 Å². The maximum atomic E-state index is 12.1. The van der Waals surface area contributed by atoms with Crippen LogP contribution in [-0.2, 0) is 9.53 Å². The molecule has 0 saturated heterocycles. The number of aryl methyl sites for hydroxylation is 1. The molecule has 7 heteroatoms. The lowest BCUT2D eigenvalue weighted by molar-refractivity contribution is -0.119. The van der Waals surface area contributed by atoms with Crippen LogP contribution in [0.3, 0.4) is 0 Å². The Morgan fingerprint density at radius 2 is 2.08 bits per heavy atom. The molecule has 1 amide bonds. The largest absolute Gasteiger partial charge is 0.477 e. The fourth-order valence-corrected chi connectivity index (χ4v) is 2.17. The van der Waals surface area contributed by atoms with E-state index in [1.54, 1.807) is 19.1 Å². The Balaban J connectivity index is 1.94. The van der Waals surface area contributed by atoms with Gasteiger partial charge in [-0.15, -0.1) is 0 Å². The predicted molar refractivity (Wildman–Crippen MR) is 93.2 cm³/mol. The van der Waals surface area contributed by atoms with E-state index in [1.807, 2.05) is 19.1 Å². The fraction of sp³-hybridized carbons (Fsp3) is 0.235. The Morgan fingerprint density at radius 3 is 2.79 bits per heavy atom. The van der Waals surface area contributed by atoms with E-state index < -0.39 is 18.5 Å². The van der Waals surface area contributed by atoms with Crippen LogP contribution >= 0.6 is 15.9 Å². The van der Waals surface area contributed by atoms with E-state index in [1.165, 1.54) is 12.3 Å². The molecule has 0 radical (unpaired) electrons. The van der Waals surface area contributed by atoms with Gasteiger partial charge in [-0.1, -0.05) is 15.9 Å². The summed E-state index contributed by atoms with van der Waals surface area (Å²) in [5.41, 5.74) is 1.81. The summed E-state index contributed by atoms with van der Waals surface area (Å²) in [4.78, 5) is 27.9. The number of anilines is 1. The second kappa shape index (κ2) is 8.44. The number of carbonyl (C=O) groups excluding carboxylic acids is 2. The number of nitrogens with zero attached hydrogens (tertiary/aromatic N) is 1. The highest BCUT2D eigenvalue weighted by Crippen LogP contribution is 2.20. The van der Waals surface area contributed by atoms with E-state index in [9.17, 15) is 9.59 Å². The zero-order valence-corrected chi connectivity index (χ0v) is 14.9. The van der Waals surface area contributed by atoms with Crippen molar-refractivity contribution in [3.8, 4) is 5.88 Å². The summed E-state index contributed by atoms with van der Waals surface area (Å²) >= 11 is 3.39. The standard InChI is InChI=1S/C17H17BrN2O4/c1-3-23-16-13(5-4-8-19-16)17(22)24-10-15(21)20-12-6-7-14(18)11(2)9-12/h4-9H,3,10H2,1-2H3,(H,20,21). The van der Waals surface area contributed by atoms with Crippen molar-refractivity contribution in [2.75, 3.05) is 18.5 Å². The number of nitrogens with one attached hydrogen (secondary N) is 1. The Kier molecular flexibility index (Phi) is 6.31. The molecule has 1 aromatic carbocycles. The van der Waals surface area contributed by atoms with Crippen LogP contribution in [0.25, 0.3) is 0 Å². The molecule has 1 aromatic heterocycles. The lowest BCUT2D eigenvalue weighted by atomic mass is 10.2. The molecule has 2 rings (SSSR count). The number of esters is 1. The zero-order valence-electron chi connectivity index (χ0n) is 13.3. The Bertz CT molecular complexity index is 749. The van der Waals surface area contributed by atoms with Crippen LogP contribution in [0, 0.1) is 6.92 Å². The molecule has 1 N–H and O–H groups in total. The van der Waals surface area contributed by atoms with Crippen LogP contribution in [-0.4, -0.2) is 30.1 Å². The minimum atomic E-state index is -0.659. The summed E-state index contributed by atoms with van der Waals surface area (Å²) in [7, 11) is 0. The number of carbonyl (C=O) groups is 2. The third kappa shape index (κ3) is 4.79. The second-order valence-corrected chi connectivity index (χ2v) is 5.73. The van der Waals surface area contributed by atoms with Gasteiger partial charge in [0.2, 0.25) is 5.88 Å². The van der Waals surface area contributed by atoms with Crippen molar-refractivity contribution < 1.29 is 19.1 Å². The van der Waals surface area contributed by atoms with Crippen molar-refractivity contribution in [1.29, 1.82) is 0 Å². The van der Waals surface area contributed by atoms with Gasteiger partial charge < -0.3 is 14.8 Å². The third-order valence-corrected chi connectivity index (χ3v) is 3.94.